The van der Waals surface area contributed by atoms with E-state index in [0.29, 0.717) is 11.7 Å². The predicted octanol–water partition coefficient (Wildman–Crippen LogP) is 2.83. The van der Waals surface area contributed by atoms with E-state index in [1.54, 1.807) is 18.5 Å². The number of amides is 1. The van der Waals surface area contributed by atoms with Gasteiger partial charge in [-0.2, -0.15) is 4.98 Å². The highest BCUT2D eigenvalue weighted by molar-refractivity contribution is 5.97. The van der Waals surface area contributed by atoms with Crippen molar-refractivity contribution in [1.29, 1.82) is 0 Å². The lowest BCUT2D eigenvalue weighted by atomic mass is 10.2. The maximum Gasteiger partial charge on any atom is 0.299 e. The third-order valence-corrected chi connectivity index (χ3v) is 4.01. The number of carbonyl (C=O) groups excluding carboxylic acids is 1. The molecular weight excluding hydrogens is 292 g/mol. The van der Waals surface area contributed by atoms with Gasteiger partial charge in [0.2, 0.25) is 5.91 Å². The summed E-state index contributed by atoms with van der Waals surface area (Å²) >= 11 is 0. The fourth-order valence-electron chi connectivity index (χ4n) is 2.91. The van der Waals surface area contributed by atoms with E-state index in [0.717, 1.165) is 30.5 Å². The minimum absolute atomic E-state index is 0.0576. The Morgan fingerprint density at radius 2 is 2.17 bits per heavy atom. The van der Waals surface area contributed by atoms with E-state index in [9.17, 15) is 4.79 Å². The van der Waals surface area contributed by atoms with E-state index in [-0.39, 0.29) is 11.9 Å². The van der Waals surface area contributed by atoms with Crippen molar-refractivity contribution in [3.8, 4) is 0 Å². The number of nitrogens with zero attached hydrogens (tertiary/aromatic N) is 3. The van der Waals surface area contributed by atoms with Crippen molar-refractivity contribution in [2.75, 3.05) is 16.8 Å². The molecule has 0 unspecified atom stereocenters. The number of hydrogen-bond donors (Lipinski definition) is 1. The molecule has 6 nitrogen and oxygen atoms in total. The van der Waals surface area contributed by atoms with E-state index >= 15 is 0 Å². The Kier molecular flexibility index (Phi) is 3.42. The van der Waals surface area contributed by atoms with Crippen LogP contribution in [0.3, 0.4) is 0 Å². The third kappa shape index (κ3) is 2.63. The number of carbonyl (C=O) groups is 1. The third-order valence-electron chi connectivity index (χ3n) is 4.01. The molecule has 3 aromatic rings. The van der Waals surface area contributed by atoms with Gasteiger partial charge < -0.3 is 14.6 Å². The van der Waals surface area contributed by atoms with Crippen LogP contribution in [0.2, 0.25) is 0 Å². The van der Waals surface area contributed by atoms with Crippen LogP contribution in [-0.4, -0.2) is 28.5 Å². The first kappa shape index (κ1) is 13.8. The van der Waals surface area contributed by atoms with E-state index in [1.807, 2.05) is 35.2 Å². The second-order valence-electron chi connectivity index (χ2n) is 5.55. The molecule has 1 amide bonds. The first-order chi connectivity index (χ1) is 11.3. The van der Waals surface area contributed by atoms with Gasteiger partial charge in [-0.15, -0.1) is 0 Å². The van der Waals surface area contributed by atoms with Crippen molar-refractivity contribution in [3.63, 3.8) is 0 Å². The number of aromatic nitrogens is 2. The van der Waals surface area contributed by atoms with Crippen LogP contribution in [0.15, 0.2) is 53.2 Å². The normalized spacial score (nSPS) is 17.6. The lowest BCUT2D eigenvalue weighted by Crippen LogP contribution is -2.39. The number of hydrogen-bond acceptors (Lipinski definition) is 5. The molecule has 0 saturated carbocycles. The highest BCUT2D eigenvalue weighted by atomic mass is 16.4. The maximum absolute atomic E-state index is 12.6. The molecule has 6 heteroatoms. The lowest BCUT2D eigenvalue weighted by molar-refractivity contribution is -0.117. The summed E-state index contributed by atoms with van der Waals surface area (Å²) in [6.07, 6.45) is 5.03. The molecule has 3 heterocycles. The van der Waals surface area contributed by atoms with Crippen LogP contribution < -0.4 is 10.2 Å². The molecular formula is C17H16N4O2. The number of nitrogens with one attached hydrogen (secondary N) is 1. The van der Waals surface area contributed by atoms with Crippen LogP contribution in [0.4, 0.5) is 11.7 Å². The van der Waals surface area contributed by atoms with Crippen molar-refractivity contribution in [2.24, 2.45) is 0 Å². The highest BCUT2D eigenvalue weighted by Gasteiger charge is 2.33. The Balaban J connectivity index is 1.57. The van der Waals surface area contributed by atoms with Gasteiger partial charge in [0.1, 0.15) is 11.6 Å². The fraction of sp³-hybridized carbons (Fsp3) is 0.235. The zero-order valence-electron chi connectivity index (χ0n) is 12.5. The summed E-state index contributed by atoms with van der Waals surface area (Å²) < 4.78 is 5.81. The molecule has 0 radical (unpaired) electrons. The Hall–Kier alpha value is -2.89. The van der Waals surface area contributed by atoms with Gasteiger partial charge in [0.25, 0.3) is 6.01 Å². The average Bonchev–Trinajstić information content (AvgIpc) is 3.22. The molecule has 116 valence electrons. The molecule has 1 saturated heterocycles. The van der Waals surface area contributed by atoms with Crippen LogP contribution in [0.5, 0.6) is 0 Å². The second kappa shape index (κ2) is 5.72. The van der Waals surface area contributed by atoms with E-state index < -0.39 is 0 Å². The quantitative estimate of drug-likeness (QED) is 0.805. The van der Waals surface area contributed by atoms with Crippen LogP contribution in [0.1, 0.15) is 12.8 Å². The summed E-state index contributed by atoms with van der Waals surface area (Å²) in [5.74, 6) is -0.0576. The lowest BCUT2D eigenvalue weighted by Gasteiger charge is -2.21. The number of fused-ring (bicyclic) bond motifs is 1. The summed E-state index contributed by atoms with van der Waals surface area (Å²) in [7, 11) is 0. The average molecular weight is 308 g/mol. The smallest absolute Gasteiger partial charge is 0.299 e. The van der Waals surface area contributed by atoms with Crippen LogP contribution >= 0.6 is 0 Å². The molecule has 1 aliphatic rings. The minimum Gasteiger partial charge on any atom is -0.423 e. The van der Waals surface area contributed by atoms with Crippen LogP contribution in [-0.2, 0) is 4.79 Å². The molecule has 1 N–H and O–H groups in total. The highest BCUT2D eigenvalue weighted by Crippen LogP contribution is 2.28. The molecule has 0 spiro atoms. The van der Waals surface area contributed by atoms with Crippen molar-refractivity contribution in [3.05, 3.63) is 48.8 Å². The van der Waals surface area contributed by atoms with Crippen LogP contribution in [0.25, 0.3) is 11.1 Å². The maximum atomic E-state index is 12.6. The van der Waals surface area contributed by atoms with Crippen LogP contribution in [0, 0.1) is 0 Å². The zero-order chi connectivity index (χ0) is 15.6. The SMILES string of the molecule is O=C(Nc1cccnc1)[C@H]1CCCN1c1nc2ccccc2o1. The molecule has 0 bridgehead atoms. The van der Waals surface area contributed by atoms with E-state index in [2.05, 4.69) is 15.3 Å². The fourth-order valence-corrected chi connectivity index (χ4v) is 2.91. The molecule has 23 heavy (non-hydrogen) atoms. The summed E-state index contributed by atoms with van der Waals surface area (Å²) in [5.41, 5.74) is 2.24. The number of benzene rings is 1. The van der Waals surface area contributed by atoms with Gasteiger partial charge in [-0.25, -0.2) is 0 Å². The monoisotopic (exact) mass is 308 g/mol. The second-order valence-corrected chi connectivity index (χ2v) is 5.55. The molecule has 2 aromatic heterocycles. The van der Waals surface area contributed by atoms with Crippen molar-refractivity contribution in [2.45, 2.75) is 18.9 Å². The van der Waals surface area contributed by atoms with Crippen molar-refractivity contribution >= 4 is 28.7 Å². The Labute approximate surface area is 133 Å². The summed E-state index contributed by atoms with van der Waals surface area (Å²) in [5, 5.41) is 2.90. The molecule has 1 fully saturated rings. The first-order valence-corrected chi connectivity index (χ1v) is 7.64. The number of pyridine rings is 1. The van der Waals surface area contributed by atoms with Gasteiger partial charge in [0, 0.05) is 12.7 Å². The predicted molar refractivity (Wildman–Crippen MR) is 87.2 cm³/mol. The zero-order valence-corrected chi connectivity index (χ0v) is 12.5. The first-order valence-electron chi connectivity index (χ1n) is 7.64. The summed E-state index contributed by atoms with van der Waals surface area (Å²) in [6.45, 7) is 0.762. The Morgan fingerprint density at radius 1 is 1.26 bits per heavy atom. The van der Waals surface area contributed by atoms with E-state index in [4.69, 9.17) is 4.42 Å². The molecule has 1 atom stereocenters. The Morgan fingerprint density at radius 3 is 3.00 bits per heavy atom. The molecule has 1 aromatic carbocycles. The molecule has 0 aliphatic carbocycles. The largest absolute Gasteiger partial charge is 0.423 e. The topological polar surface area (TPSA) is 71.3 Å². The van der Waals surface area contributed by atoms with Gasteiger partial charge in [-0.1, -0.05) is 12.1 Å². The number of anilines is 2. The van der Waals surface area contributed by atoms with Gasteiger partial charge in [0.15, 0.2) is 5.58 Å². The minimum atomic E-state index is -0.275. The molecule has 1 aliphatic heterocycles. The number of oxazole rings is 1. The number of rotatable bonds is 3. The summed E-state index contributed by atoms with van der Waals surface area (Å²) in [4.78, 5) is 23.0. The van der Waals surface area contributed by atoms with Gasteiger partial charge in [-0.05, 0) is 37.1 Å². The van der Waals surface area contributed by atoms with Gasteiger partial charge in [0.05, 0.1) is 11.9 Å². The van der Waals surface area contributed by atoms with Gasteiger partial charge >= 0.3 is 0 Å². The standard InChI is InChI=1S/C17H16N4O2/c22-16(19-12-5-3-9-18-11-12)14-7-4-10-21(14)17-20-13-6-1-2-8-15(13)23-17/h1-3,5-6,8-9,11,14H,4,7,10H2,(H,19,22)/t14-/m1/s1. The van der Waals surface area contributed by atoms with Gasteiger partial charge in [-0.3, -0.25) is 9.78 Å². The van der Waals surface area contributed by atoms with Crippen molar-refractivity contribution < 1.29 is 9.21 Å². The van der Waals surface area contributed by atoms with E-state index in [1.165, 1.54) is 0 Å². The molecule has 4 rings (SSSR count). The number of para-hydroxylation sites is 2. The van der Waals surface area contributed by atoms with Crippen molar-refractivity contribution in [1.82, 2.24) is 9.97 Å². The summed E-state index contributed by atoms with van der Waals surface area (Å²) in [6, 6.07) is 11.5. The Bertz CT molecular complexity index is 798.